The lowest BCUT2D eigenvalue weighted by molar-refractivity contribution is -0.113. The number of halogens is 2. The Hall–Kier alpha value is -0.430. The molecule has 4 nitrogen and oxygen atoms in total. The number of rotatable bonds is 5. The van der Waals surface area contributed by atoms with Crippen LogP contribution < -0.4 is 15.4 Å². The molecule has 0 aromatic heterocycles. The maximum atomic E-state index is 12.1. The smallest absolute Gasteiger partial charge is 0.234 e. The van der Waals surface area contributed by atoms with Gasteiger partial charge in [0.2, 0.25) is 5.91 Å². The highest BCUT2D eigenvalue weighted by molar-refractivity contribution is 9.10. The molecule has 1 heterocycles. The molecule has 7 heteroatoms. The number of carbonyl (C=O) groups excluding carboxylic acids is 1. The molecule has 1 saturated heterocycles. The van der Waals surface area contributed by atoms with Crippen LogP contribution in [0.5, 0.6) is 5.75 Å². The van der Waals surface area contributed by atoms with Crippen molar-refractivity contribution in [1.82, 2.24) is 5.32 Å². The summed E-state index contributed by atoms with van der Waals surface area (Å²) in [5.41, 5.74) is 0.591. The summed E-state index contributed by atoms with van der Waals surface area (Å²) in [6.07, 6.45) is 2.23. The summed E-state index contributed by atoms with van der Waals surface area (Å²) in [6, 6.07) is 3.43. The molecular weight excluding hydrogens is 376 g/mol. The molecule has 0 unspecified atom stereocenters. The number of amides is 1. The first kappa shape index (κ1) is 16.9. The average Bonchev–Trinajstić information content (AvgIpc) is 2.46. The van der Waals surface area contributed by atoms with E-state index in [0.717, 1.165) is 30.4 Å². The highest BCUT2D eigenvalue weighted by Gasteiger charge is 2.16. The van der Waals surface area contributed by atoms with E-state index in [0.29, 0.717) is 27.5 Å². The van der Waals surface area contributed by atoms with Crippen molar-refractivity contribution in [3.8, 4) is 5.75 Å². The van der Waals surface area contributed by atoms with Crippen LogP contribution >= 0.6 is 39.3 Å². The number of carbonyl (C=O) groups is 1. The summed E-state index contributed by atoms with van der Waals surface area (Å²) >= 11 is 11.1. The summed E-state index contributed by atoms with van der Waals surface area (Å²) < 4.78 is 6.01. The van der Waals surface area contributed by atoms with Crippen LogP contribution in [0.2, 0.25) is 5.02 Å². The molecule has 2 N–H and O–H groups in total. The zero-order valence-electron chi connectivity index (χ0n) is 11.7. The highest BCUT2D eigenvalue weighted by Crippen LogP contribution is 2.36. The third-order valence-corrected chi connectivity index (χ3v) is 5.40. The van der Waals surface area contributed by atoms with Gasteiger partial charge >= 0.3 is 0 Å². The van der Waals surface area contributed by atoms with Gasteiger partial charge in [-0.25, -0.2) is 0 Å². The lowest BCUT2D eigenvalue weighted by Gasteiger charge is -2.21. The van der Waals surface area contributed by atoms with Crippen molar-refractivity contribution in [3.05, 3.63) is 21.6 Å². The molecule has 1 aliphatic rings. The van der Waals surface area contributed by atoms with Crippen molar-refractivity contribution in [1.29, 1.82) is 0 Å². The molecule has 1 aliphatic heterocycles. The SMILES string of the molecule is COc1c(Br)cc(Cl)cc1NC(=O)CSC1CCNCC1. The van der Waals surface area contributed by atoms with Crippen LogP contribution in [0.1, 0.15) is 12.8 Å². The minimum Gasteiger partial charge on any atom is -0.493 e. The second kappa shape index (κ2) is 8.27. The van der Waals surface area contributed by atoms with Gasteiger partial charge in [0.1, 0.15) is 0 Å². The fourth-order valence-corrected chi connectivity index (χ4v) is 4.20. The molecule has 0 aliphatic carbocycles. The van der Waals surface area contributed by atoms with Crippen LogP contribution in [0.3, 0.4) is 0 Å². The molecule has 116 valence electrons. The second-order valence-electron chi connectivity index (χ2n) is 4.78. The molecule has 21 heavy (non-hydrogen) atoms. The first-order valence-corrected chi connectivity index (χ1v) is 8.97. The third kappa shape index (κ3) is 5.06. The van der Waals surface area contributed by atoms with Crippen molar-refractivity contribution in [2.75, 3.05) is 31.3 Å². The van der Waals surface area contributed by atoms with E-state index in [-0.39, 0.29) is 5.91 Å². The van der Waals surface area contributed by atoms with Crippen LogP contribution in [-0.2, 0) is 4.79 Å². The number of nitrogens with one attached hydrogen (secondary N) is 2. The van der Waals surface area contributed by atoms with Crippen LogP contribution in [-0.4, -0.2) is 37.1 Å². The number of ether oxygens (including phenoxy) is 1. The van der Waals surface area contributed by atoms with Crippen LogP contribution in [0.4, 0.5) is 5.69 Å². The van der Waals surface area contributed by atoms with Crippen molar-refractivity contribution >= 4 is 50.9 Å². The number of piperidine rings is 1. The minimum absolute atomic E-state index is 0.0361. The van der Waals surface area contributed by atoms with Gasteiger partial charge in [0.25, 0.3) is 0 Å². The summed E-state index contributed by atoms with van der Waals surface area (Å²) in [4.78, 5) is 12.1. The molecule has 0 atom stereocenters. The monoisotopic (exact) mass is 392 g/mol. The van der Waals surface area contributed by atoms with Crippen molar-refractivity contribution in [3.63, 3.8) is 0 Å². The number of thioether (sulfide) groups is 1. The fraction of sp³-hybridized carbons (Fsp3) is 0.500. The Labute approximate surface area is 142 Å². The average molecular weight is 394 g/mol. The van der Waals surface area contributed by atoms with Gasteiger partial charge in [-0.15, -0.1) is 11.8 Å². The van der Waals surface area contributed by atoms with Gasteiger partial charge in [-0.1, -0.05) is 11.6 Å². The van der Waals surface area contributed by atoms with Gasteiger partial charge in [-0.2, -0.15) is 0 Å². The van der Waals surface area contributed by atoms with Crippen molar-refractivity contribution < 1.29 is 9.53 Å². The molecule has 2 rings (SSSR count). The van der Waals surface area contributed by atoms with E-state index < -0.39 is 0 Å². The van der Waals surface area contributed by atoms with E-state index in [1.807, 2.05) is 0 Å². The van der Waals surface area contributed by atoms with Gasteiger partial charge in [0.05, 0.1) is 23.0 Å². The van der Waals surface area contributed by atoms with Gasteiger partial charge in [-0.3, -0.25) is 4.79 Å². The number of hydrogen-bond acceptors (Lipinski definition) is 4. The molecular formula is C14H18BrClN2O2S. The summed E-state index contributed by atoms with van der Waals surface area (Å²) in [7, 11) is 1.56. The van der Waals surface area contributed by atoms with E-state index in [1.165, 1.54) is 0 Å². The first-order chi connectivity index (χ1) is 10.1. The fourth-order valence-electron chi connectivity index (χ4n) is 2.20. The second-order valence-corrected chi connectivity index (χ2v) is 7.36. The topological polar surface area (TPSA) is 50.4 Å². The lowest BCUT2D eigenvalue weighted by Crippen LogP contribution is -2.30. The Morgan fingerprint density at radius 3 is 2.90 bits per heavy atom. The Morgan fingerprint density at radius 2 is 2.24 bits per heavy atom. The number of benzene rings is 1. The van der Waals surface area contributed by atoms with Gasteiger partial charge < -0.3 is 15.4 Å². The van der Waals surface area contributed by atoms with Crippen LogP contribution in [0, 0.1) is 0 Å². The first-order valence-electron chi connectivity index (χ1n) is 6.75. The Bertz CT molecular complexity index is 510. The Kier molecular flexibility index (Phi) is 6.67. The maximum Gasteiger partial charge on any atom is 0.234 e. The summed E-state index contributed by atoms with van der Waals surface area (Å²) in [5.74, 6) is 0.989. The molecule has 0 spiro atoms. The van der Waals surface area contributed by atoms with E-state index >= 15 is 0 Å². The van der Waals surface area contributed by atoms with Crippen molar-refractivity contribution in [2.45, 2.75) is 18.1 Å². The maximum absolute atomic E-state index is 12.1. The standard InChI is InChI=1S/C14H18BrClN2O2S/c1-20-14-11(15)6-9(16)7-12(14)18-13(19)8-21-10-2-4-17-5-3-10/h6-7,10,17H,2-5,8H2,1H3,(H,18,19). The number of anilines is 1. The molecule has 0 bridgehead atoms. The van der Waals surface area contributed by atoms with Gasteiger partial charge in [0.15, 0.2) is 5.75 Å². The Balaban J connectivity index is 1.92. The highest BCUT2D eigenvalue weighted by atomic mass is 79.9. The van der Waals surface area contributed by atoms with Gasteiger partial charge in [0, 0.05) is 10.3 Å². The summed E-state index contributed by atoms with van der Waals surface area (Å²) in [6.45, 7) is 2.07. The molecule has 1 amide bonds. The van der Waals surface area contributed by atoms with Gasteiger partial charge in [-0.05, 0) is 54.0 Å². The molecule has 0 radical (unpaired) electrons. The van der Waals surface area contributed by atoms with E-state index in [2.05, 4.69) is 26.6 Å². The zero-order valence-corrected chi connectivity index (χ0v) is 14.9. The normalized spacial score (nSPS) is 15.8. The third-order valence-electron chi connectivity index (χ3n) is 3.22. The van der Waals surface area contributed by atoms with E-state index in [9.17, 15) is 4.79 Å². The predicted octanol–water partition coefficient (Wildman–Crippen LogP) is 3.53. The largest absolute Gasteiger partial charge is 0.493 e. The molecule has 0 saturated carbocycles. The number of hydrogen-bond donors (Lipinski definition) is 2. The van der Waals surface area contributed by atoms with Crippen molar-refractivity contribution in [2.24, 2.45) is 0 Å². The minimum atomic E-state index is -0.0361. The molecule has 1 aromatic rings. The molecule has 1 aromatic carbocycles. The van der Waals surface area contributed by atoms with E-state index in [4.69, 9.17) is 16.3 Å². The molecule has 1 fully saturated rings. The summed E-state index contributed by atoms with van der Waals surface area (Å²) in [5, 5.41) is 7.29. The van der Waals surface area contributed by atoms with E-state index in [1.54, 1.807) is 31.0 Å². The quantitative estimate of drug-likeness (QED) is 0.803. The number of methoxy groups -OCH3 is 1. The Morgan fingerprint density at radius 1 is 1.52 bits per heavy atom. The zero-order chi connectivity index (χ0) is 15.2. The van der Waals surface area contributed by atoms with Crippen LogP contribution in [0.25, 0.3) is 0 Å². The lowest BCUT2D eigenvalue weighted by atomic mass is 10.2. The van der Waals surface area contributed by atoms with Crippen LogP contribution in [0.15, 0.2) is 16.6 Å². The predicted molar refractivity (Wildman–Crippen MR) is 92.7 cm³/mol.